The number of aryl methyl sites for hydroxylation is 1. The summed E-state index contributed by atoms with van der Waals surface area (Å²) >= 11 is 0. The summed E-state index contributed by atoms with van der Waals surface area (Å²) in [6.45, 7) is 2.68. The van der Waals surface area contributed by atoms with Crippen molar-refractivity contribution < 1.29 is 29.3 Å². The molecule has 4 bridgehead atoms. The molecule has 0 radical (unpaired) electrons. The minimum absolute atomic E-state index is 0.00695. The number of aliphatic hydroxyl groups is 1. The van der Waals surface area contributed by atoms with Crippen molar-refractivity contribution in [2.24, 2.45) is 22.1 Å². The minimum Gasteiger partial charge on any atom is -0.504 e. The van der Waals surface area contributed by atoms with Crippen LogP contribution in [0.1, 0.15) is 80.9 Å². The molecule has 2 aromatic carbocycles. The number of phenols is 1. The van der Waals surface area contributed by atoms with Crippen molar-refractivity contribution in [2.75, 3.05) is 31.8 Å². The molecule has 5 atom stereocenters. The molecule has 0 saturated carbocycles. The van der Waals surface area contributed by atoms with Crippen LogP contribution in [0.5, 0.6) is 11.5 Å². The molecule has 0 aromatic heterocycles. The molecule has 50 heavy (non-hydrogen) atoms. The highest BCUT2D eigenvalue weighted by Gasteiger charge is 2.54. The van der Waals surface area contributed by atoms with Gasteiger partial charge in [-0.25, -0.2) is 4.99 Å². The number of methoxy groups -OCH3 is 1. The van der Waals surface area contributed by atoms with Crippen LogP contribution < -0.4 is 15.8 Å². The molecule has 1 spiro atoms. The molecule has 10 nitrogen and oxygen atoms in total. The molecule has 272 valence electrons. The first-order valence-corrected chi connectivity index (χ1v) is 20.2. The maximum absolute atomic E-state index is 13.9. The maximum Gasteiger partial charge on any atom is 0.302 e. The van der Waals surface area contributed by atoms with Crippen molar-refractivity contribution in [1.29, 1.82) is 0 Å². The summed E-state index contributed by atoms with van der Waals surface area (Å²) in [5.41, 5.74) is 8.55. The third-order valence-electron chi connectivity index (χ3n) is 10.2. The zero-order valence-electron chi connectivity index (χ0n) is 29.2. The number of esters is 1. The normalized spacial score (nSPS) is 27.5. The monoisotopic (exact) mass is 724 g/mol. The fourth-order valence-corrected chi connectivity index (χ4v) is 9.44. The molecule has 3 aliphatic rings. The summed E-state index contributed by atoms with van der Waals surface area (Å²) in [6.07, 6.45) is 10.0. The van der Waals surface area contributed by atoms with E-state index in [2.05, 4.69) is 34.6 Å². The van der Waals surface area contributed by atoms with Crippen LogP contribution in [0, 0.1) is 11.3 Å². The Morgan fingerprint density at radius 2 is 1.90 bits per heavy atom. The van der Waals surface area contributed by atoms with Crippen LogP contribution in [0.25, 0.3) is 0 Å². The van der Waals surface area contributed by atoms with Gasteiger partial charge in [0.1, 0.15) is 6.10 Å². The van der Waals surface area contributed by atoms with Gasteiger partial charge in [0.15, 0.2) is 17.5 Å². The Morgan fingerprint density at radius 1 is 1.10 bits per heavy atom. The Kier molecular flexibility index (Phi) is 13.8. The first-order valence-electron chi connectivity index (χ1n) is 17.7. The standard InChI is InChI=1S/C38H52N4O6S2/c1-26(43)48-32-15-13-27-18-29(36(46)34(19-27)47-2)23-42-24-38(21-35(42)45)30(14-16-33(38)28-10-6-5-7-11-28)22-40-37(39)41-25-50-49-17-9-4-3-8-12-31(44)20-32/h5-7,10-11,14,16,18-19,30-33,44,46H,3-4,8-9,12-13,15,17,20-25H2,1-2H3,(H3,39,40,41)/t30-,31-,32-,33+,38+/m0/s1. The molecule has 12 heteroatoms. The maximum atomic E-state index is 13.9. The van der Waals surface area contributed by atoms with Crippen LogP contribution in [0.4, 0.5) is 0 Å². The lowest BCUT2D eigenvalue weighted by molar-refractivity contribution is -0.148. The number of carbonyl (C=O) groups is 2. The molecule has 1 saturated heterocycles. The SMILES string of the molecule is COc1cc2cc(c1O)CN1C[C@@]3(CC1=O)[C@@H](c1ccccc1)C=C[C@H]3CNC(N)=NCSSCCCCCC[C@H](O)C[C@@H](OC(C)=O)CC2. The zero-order valence-corrected chi connectivity index (χ0v) is 30.9. The first kappa shape index (κ1) is 37.9. The third-order valence-corrected chi connectivity index (χ3v) is 12.3. The Hall–Kier alpha value is -3.35. The lowest BCUT2D eigenvalue weighted by Gasteiger charge is -2.37. The number of hydrogen-bond acceptors (Lipinski definition) is 11. The topological polar surface area (TPSA) is 147 Å². The zero-order chi connectivity index (χ0) is 35.5. The fourth-order valence-electron chi connectivity index (χ4n) is 7.65. The third kappa shape index (κ3) is 9.91. The predicted molar refractivity (Wildman–Crippen MR) is 201 cm³/mol. The first-order chi connectivity index (χ1) is 24.2. The summed E-state index contributed by atoms with van der Waals surface area (Å²) in [6, 6.07) is 14.0. The van der Waals surface area contributed by atoms with E-state index in [9.17, 15) is 19.8 Å². The second kappa shape index (κ2) is 18.2. The highest BCUT2D eigenvalue weighted by Crippen LogP contribution is 2.55. The number of nitrogens with two attached hydrogens (primary N) is 1. The van der Waals surface area contributed by atoms with Crippen molar-refractivity contribution in [3.63, 3.8) is 0 Å². The van der Waals surface area contributed by atoms with Crippen molar-refractivity contribution in [2.45, 2.75) is 89.4 Å². The average molecular weight is 725 g/mol. The summed E-state index contributed by atoms with van der Waals surface area (Å²) in [7, 11) is 4.99. The fraction of sp³-hybridized carbons (Fsp3) is 0.553. The molecule has 5 N–H and O–H groups in total. The van der Waals surface area contributed by atoms with Gasteiger partial charge in [-0.15, -0.1) is 0 Å². The van der Waals surface area contributed by atoms with Crippen molar-refractivity contribution in [1.82, 2.24) is 10.2 Å². The van der Waals surface area contributed by atoms with Crippen LogP contribution >= 0.6 is 21.6 Å². The van der Waals surface area contributed by atoms with Crippen molar-refractivity contribution in [3.05, 3.63) is 71.3 Å². The van der Waals surface area contributed by atoms with Gasteiger partial charge in [-0.1, -0.05) is 89.4 Å². The number of phenolic OH excluding ortho intramolecular Hbond substituents is 1. The largest absolute Gasteiger partial charge is 0.504 e. The molecule has 2 aliphatic heterocycles. The number of fused-ring (bicyclic) bond motifs is 3. The lowest BCUT2D eigenvalue weighted by Crippen LogP contribution is -2.43. The molecule has 1 amide bonds. The Bertz CT molecular complexity index is 1510. The van der Waals surface area contributed by atoms with Crippen LogP contribution in [-0.2, 0) is 27.3 Å². The summed E-state index contributed by atoms with van der Waals surface area (Å²) in [5, 5.41) is 25.4. The quantitative estimate of drug-likeness (QED) is 0.171. The van der Waals surface area contributed by atoms with E-state index in [4.69, 9.17) is 15.2 Å². The highest BCUT2D eigenvalue weighted by molar-refractivity contribution is 8.76. The summed E-state index contributed by atoms with van der Waals surface area (Å²) < 4.78 is 11.2. The van der Waals surface area contributed by atoms with Crippen LogP contribution in [0.2, 0.25) is 0 Å². The van der Waals surface area contributed by atoms with E-state index < -0.39 is 17.6 Å². The van der Waals surface area contributed by atoms with E-state index >= 15 is 0 Å². The number of nitrogens with one attached hydrogen (secondary N) is 1. The number of hydrogen-bond donors (Lipinski definition) is 4. The number of aliphatic hydroxyl groups excluding tert-OH is 1. The number of benzene rings is 2. The van der Waals surface area contributed by atoms with E-state index in [1.807, 2.05) is 29.2 Å². The number of amides is 1. The number of nitrogens with zero attached hydrogens (tertiary/aromatic N) is 2. The molecule has 2 aromatic rings. The molecular weight excluding hydrogens is 673 g/mol. The van der Waals surface area contributed by atoms with Gasteiger partial charge < -0.3 is 35.6 Å². The number of allylic oxidation sites excluding steroid dienone is 1. The van der Waals surface area contributed by atoms with Gasteiger partial charge in [0, 0.05) is 68.0 Å². The molecular formula is C38H52N4O6S2. The number of aromatic hydroxyl groups is 1. The predicted octanol–water partition coefficient (Wildman–Crippen LogP) is 5.91. The van der Waals surface area contributed by atoms with Crippen molar-refractivity contribution in [3.8, 4) is 11.5 Å². The molecule has 1 aliphatic carbocycles. The van der Waals surface area contributed by atoms with Gasteiger partial charge in [-0.2, -0.15) is 0 Å². The van der Waals surface area contributed by atoms with Gasteiger partial charge >= 0.3 is 5.97 Å². The van der Waals surface area contributed by atoms with Gasteiger partial charge in [0.2, 0.25) is 5.91 Å². The van der Waals surface area contributed by atoms with Gasteiger partial charge in [-0.3, -0.25) is 9.59 Å². The molecule has 1 fully saturated rings. The summed E-state index contributed by atoms with van der Waals surface area (Å²) in [4.78, 5) is 32.2. The van der Waals surface area contributed by atoms with Crippen LogP contribution in [0.3, 0.4) is 0 Å². The van der Waals surface area contributed by atoms with Crippen molar-refractivity contribution >= 4 is 39.4 Å². The number of carbonyl (C=O) groups excluding carboxylic acids is 2. The van der Waals surface area contributed by atoms with Gasteiger partial charge in [0.05, 0.1) is 19.1 Å². The Balaban J connectivity index is 1.41. The number of rotatable bonds is 3. The summed E-state index contributed by atoms with van der Waals surface area (Å²) in [5.74, 6) is 2.02. The van der Waals surface area contributed by atoms with Crippen LogP contribution in [0.15, 0.2) is 59.6 Å². The number of aliphatic imine (C=N–C) groups is 1. The molecule has 2 heterocycles. The van der Waals surface area contributed by atoms with Gasteiger partial charge in [-0.05, 0) is 42.9 Å². The highest BCUT2D eigenvalue weighted by atomic mass is 33.1. The van der Waals surface area contributed by atoms with Crippen LogP contribution in [-0.4, -0.2) is 77.0 Å². The lowest BCUT2D eigenvalue weighted by atomic mass is 9.68. The minimum atomic E-state index is -0.563. The number of guanidine groups is 1. The van der Waals surface area contributed by atoms with E-state index in [1.54, 1.807) is 27.7 Å². The van der Waals surface area contributed by atoms with E-state index in [1.165, 1.54) is 14.0 Å². The van der Waals surface area contributed by atoms with E-state index in [0.717, 1.165) is 42.6 Å². The van der Waals surface area contributed by atoms with E-state index in [-0.39, 0.29) is 36.0 Å². The smallest absolute Gasteiger partial charge is 0.302 e. The molecule has 5 rings (SSSR count). The Labute approximate surface area is 304 Å². The number of ether oxygens (including phenoxy) is 2. The second-order valence-corrected chi connectivity index (χ2v) is 16.3. The Morgan fingerprint density at radius 3 is 2.68 bits per heavy atom. The van der Waals surface area contributed by atoms with Gasteiger partial charge in [0.25, 0.3) is 0 Å². The second-order valence-electron chi connectivity index (χ2n) is 13.7. The molecule has 0 unspecified atom stereocenters. The average Bonchev–Trinajstić information content (AvgIpc) is 3.61. The van der Waals surface area contributed by atoms with E-state index in [0.29, 0.717) is 68.3 Å².